The average Bonchev–Trinajstić information content (AvgIpc) is 2.87. The summed E-state index contributed by atoms with van der Waals surface area (Å²) in [5, 5.41) is 29.2. The summed E-state index contributed by atoms with van der Waals surface area (Å²) < 4.78 is 49.9. The Morgan fingerprint density at radius 2 is 1.81 bits per heavy atom. The highest BCUT2D eigenvalue weighted by Gasteiger charge is 2.45. The molecule has 1 aliphatic rings. The Morgan fingerprint density at radius 3 is 2.38 bits per heavy atom. The molecule has 0 radical (unpaired) electrons. The third-order valence-electron chi connectivity index (χ3n) is 3.86. The number of nitrogen functional groups attached to an aromatic ring is 1. The number of rotatable bonds is 10. The number of nitrogens with two attached hydrogens (primary N) is 1. The van der Waals surface area contributed by atoms with Crippen molar-refractivity contribution in [2.75, 3.05) is 18.9 Å². The monoisotopic (exact) mass is 524 g/mol. The van der Waals surface area contributed by atoms with E-state index in [0.717, 1.165) is 10.8 Å². The fourth-order valence-corrected chi connectivity index (χ4v) is 5.47. The van der Waals surface area contributed by atoms with Gasteiger partial charge in [-0.25, -0.2) is 13.7 Å². The van der Waals surface area contributed by atoms with Crippen molar-refractivity contribution in [2.24, 2.45) is 0 Å². The quantitative estimate of drug-likeness (QED) is 0.180. The minimum absolute atomic E-state index is 0.0149. The van der Waals surface area contributed by atoms with Gasteiger partial charge in [0.1, 0.15) is 24.1 Å². The summed E-state index contributed by atoms with van der Waals surface area (Å²) in [6.45, 7) is -1.47. The third kappa shape index (κ3) is 7.21. The molecule has 0 bridgehead atoms. The Bertz CT molecular complexity index is 1030. The molecule has 0 spiro atoms. The fraction of sp³-hybridized carbons (Fsp3) is 0.636. The average molecular weight is 524 g/mol. The number of phosphoric acid groups is 3. The second kappa shape index (κ2) is 10.0. The van der Waals surface area contributed by atoms with E-state index in [0.29, 0.717) is 0 Å². The van der Waals surface area contributed by atoms with Gasteiger partial charge >= 0.3 is 13.5 Å². The molecule has 184 valence electrons. The van der Waals surface area contributed by atoms with Gasteiger partial charge in [-0.1, -0.05) is 0 Å². The molecule has 6 N–H and O–H groups in total. The van der Waals surface area contributed by atoms with Gasteiger partial charge in [0.25, 0.3) is 7.82 Å². The maximum atomic E-state index is 12.1. The van der Waals surface area contributed by atoms with E-state index in [4.69, 9.17) is 15.6 Å². The van der Waals surface area contributed by atoms with Crippen LogP contribution in [0.3, 0.4) is 0 Å². The van der Waals surface area contributed by atoms with Crippen molar-refractivity contribution in [3.05, 3.63) is 22.2 Å². The van der Waals surface area contributed by atoms with Crippen molar-refractivity contribution in [3.63, 3.8) is 0 Å². The molecule has 18 nitrogen and oxygen atoms in total. The topological polar surface area (TPSA) is 299 Å². The van der Waals surface area contributed by atoms with E-state index in [1.165, 1.54) is 0 Å². The van der Waals surface area contributed by atoms with E-state index in [9.17, 15) is 48.3 Å². The molecule has 32 heavy (non-hydrogen) atoms. The van der Waals surface area contributed by atoms with Crippen LogP contribution in [0.2, 0.25) is 0 Å². The molecule has 0 aliphatic carbocycles. The Balaban J connectivity index is 2.12. The van der Waals surface area contributed by atoms with Crippen LogP contribution in [0, 0.1) is 0 Å². The van der Waals surface area contributed by atoms with Crippen LogP contribution in [0.4, 0.5) is 5.82 Å². The molecule has 0 aromatic carbocycles. The standard InChI is InChI=1S/C11H20N3O15P3/c12-9-5(1-2-15)3-14(11(18)13-9)10-8(17)7(16)6(27-10)4-26-31(22,23)29-32(24,25)28-30(19,20)21/h3,6-8,10,15-17H,1-2,4H2,(H,22,23)(H,24,25)(H2,12,13,18)(H2,19,20,21)/p-3. The van der Waals surface area contributed by atoms with Gasteiger partial charge in [-0.2, -0.15) is 4.98 Å². The number of hydrogen-bond donors (Lipinski definition) is 5. The normalized spacial score (nSPS) is 27.7. The van der Waals surface area contributed by atoms with E-state index < -0.39 is 60.3 Å². The summed E-state index contributed by atoms with van der Waals surface area (Å²) in [5.74, 6) is -0.198. The second-order valence-electron chi connectivity index (χ2n) is 6.18. The number of nitrogens with zero attached hydrogens (tertiary/aromatic N) is 2. The predicted octanol–water partition coefficient (Wildman–Crippen LogP) is -4.57. The van der Waals surface area contributed by atoms with Gasteiger partial charge in [0.05, 0.1) is 14.4 Å². The molecule has 6 atom stereocenters. The van der Waals surface area contributed by atoms with Gasteiger partial charge in [-0.15, -0.1) is 0 Å². The van der Waals surface area contributed by atoms with E-state index in [1.807, 2.05) is 0 Å². The van der Waals surface area contributed by atoms with Crippen LogP contribution in [0.15, 0.2) is 11.0 Å². The molecular formula is C11H17N3O15P3-3. The van der Waals surface area contributed by atoms with Crippen molar-refractivity contribution in [1.82, 2.24) is 9.55 Å². The molecule has 1 aromatic heterocycles. The molecular weight excluding hydrogens is 507 g/mol. The van der Waals surface area contributed by atoms with E-state index in [-0.39, 0.29) is 24.4 Å². The lowest BCUT2D eigenvalue weighted by Gasteiger charge is -2.35. The van der Waals surface area contributed by atoms with Crippen LogP contribution in [0.25, 0.3) is 0 Å². The van der Waals surface area contributed by atoms with Crippen molar-refractivity contribution in [1.29, 1.82) is 0 Å². The maximum absolute atomic E-state index is 12.1. The lowest BCUT2D eigenvalue weighted by Crippen LogP contribution is -2.36. The molecule has 1 saturated heterocycles. The SMILES string of the molecule is Nc1nc(=O)n(C2OC(COP(=O)(O)OP(=O)([O-])OP(=O)([O-])[O-])C(O)C2O)cc1CCO. The largest absolute Gasteiger partial charge is 0.790 e. The second-order valence-corrected chi connectivity index (χ2v) is 10.5. The van der Waals surface area contributed by atoms with Gasteiger partial charge in [0.15, 0.2) is 6.23 Å². The minimum atomic E-state index is -6.14. The smallest absolute Gasteiger partial charge is 0.478 e. The third-order valence-corrected chi connectivity index (χ3v) is 7.56. The van der Waals surface area contributed by atoms with Crippen molar-refractivity contribution >= 4 is 29.3 Å². The van der Waals surface area contributed by atoms with Crippen LogP contribution in [-0.4, -0.2) is 61.3 Å². The highest BCUT2D eigenvalue weighted by atomic mass is 31.3. The first-order chi connectivity index (χ1) is 14.6. The van der Waals surface area contributed by atoms with E-state index in [1.54, 1.807) is 0 Å². The molecule has 0 amide bonds. The van der Waals surface area contributed by atoms with E-state index in [2.05, 4.69) is 18.1 Å². The summed E-state index contributed by atoms with van der Waals surface area (Å²) in [7, 11) is -17.9. The molecule has 2 rings (SSSR count). The first-order valence-electron chi connectivity index (χ1n) is 8.28. The maximum Gasteiger partial charge on any atom is 0.478 e. The van der Waals surface area contributed by atoms with Crippen LogP contribution < -0.4 is 26.1 Å². The zero-order valence-corrected chi connectivity index (χ0v) is 18.3. The minimum Gasteiger partial charge on any atom is -0.790 e. The Hall–Kier alpha value is -1.07. The zero-order valence-electron chi connectivity index (χ0n) is 15.6. The van der Waals surface area contributed by atoms with Crippen molar-refractivity contribution in [3.8, 4) is 0 Å². The van der Waals surface area contributed by atoms with Crippen LogP contribution >= 0.6 is 23.5 Å². The number of ether oxygens (including phenoxy) is 1. The summed E-state index contributed by atoms with van der Waals surface area (Å²) >= 11 is 0. The number of anilines is 1. The molecule has 0 saturated carbocycles. The lowest BCUT2D eigenvalue weighted by molar-refractivity contribution is -0.339. The summed E-state index contributed by atoms with van der Waals surface area (Å²) in [4.78, 5) is 56.7. The zero-order chi connectivity index (χ0) is 24.5. The molecule has 2 heterocycles. The van der Waals surface area contributed by atoms with Gasteiger partial charge in [0, 0.05) is 24.8 Å². The van der Waals surface area contributed by atoms with Gasteiger partial charge in [-0.05, 0) is 0 Å². The fourth-order valence-electron chi connectivity index (χ4n) is 2.57. The predicted molar refractivity (Wildman–Crippen MR) is 92.8 cm³/mol. The Morgan fingerprint density at radius 1 is 1.19 bits per heavy atom. The molecule has 6 unspecified atom stereocenters. The van der Waals surface area contributed by atoms with Crippen LogP contribution in [0.5, 0.6) is 0 Å². The summed E-state index contributed by atoms with van der Waals surface area (Å²) in [6, 6.07) is 0. The summed E-state index contributed by atoms with van der Waals surface area (Å²) in [5.41, 5.74) is 4.74. The first-order valence-corrected chi connectivity index (χ1v) is 12.7. The highest BCUT2D eigenvalue weighted by molar-refractivity contribution is 7.65. The first kappa shape index (κ1) is 27.2. The van der Waals surface area contributed by atoms with E-state index >= 15 is 0 Å². The summed E-state index contributed by atoms with van der Waals surface area (Å²) in [6.07, 6.45) is -5.81. The number of aromatic nitrogens is 2. The number of phosphoric ester groups is 1. The molecule has 21 heteroatoms. The molecule has 1 aliphatic heterocycles. The Labute approximate surface area is 178 Å². The van der Waals surface area contributed by atoms with Crippen molar-refractivity contribution in [2.45, 2.75) is 31.0 Å². The number of aliphatic hydroxyl groups is 3. The number of aliphatic hydroxyl groups excluding tert-OH is 3. The number of hydrogen-bond acceptors (Lipinski definition) is 16. The molecule has 1 aromatic rings. The lowest BCUT2D eigenvalue weighted by atomic mass is 10.1. The van der Waals surface area contributed by atoms with Crippen molar-refractivity contribution < 1.29 is 66.5 Å². The van der Waals surface area contributed by atoms with Gasteiger partial charge < -0.3 is 49.9 Å². The van der Waals surface area contributed by atoms with Gasteiger partial charge in [-0.3, -0.25) is 18.0 Å². The Kier molecular flexibility index (Phi) is 8.53. The van der Waals surface area contributed by atoms with Crippen LogP contribution in [-0.2, 0) is 38.0 Å². The highest BCUT2D eigenvalue weighted by Crippen LogP contribution is 2.62. The molecule has 1 fully saturated rings. The van der Waals surface area contributed by atoms with Gasteiger partial charge in [0.2, 0.25) is 0 Å². The van der Waals surface area contributed by atoms with Crippen LogP contribution in [0.1, 0.15) is 11.8 Å².